The molecular weight excluding hydrogens is 262 g/mol. The SMILES string of the molecule is CNC1CCC(c2nc(C3CSCCO3)no2)CC1. The van der Waals surface area contributed by atoms with Gasteiger partial charge in [0.05, 0.1) is 6.61 Å². The maximum Gasteiger partial charge on any atom is 0.229 e. The van der Waals surface area contributed by atoms with Gasteiger partial charge in [0.1, 0.15) is 6.10 Å². The molecule has 1 N–H and O–H groups in total. The van der Waals surface area contributed by atoms with Crippen molar-refractivity contribution in [1.82, 2.24) is 15.5 Å². The second-order valence-corrected chi connectivity index (χ2v) is 6.41. The summed E-state index contributed by atoms with van der Waals surface area (Å²) >= 11 is 1.89. The van der Waals surface area contributed by atoms with Crippen molar-refractivity contribution < 1.29 is 9.26 Å². The van der Waals surface area contributed by atoms with Crippen molar-refractivity contribution in [2.75, 3.05) is 25.2 Å². The van der Waals surface area contributed by atoms with Gasteiger partial charge in [0, 0.05) is 23.5 Å². The molecule has 106 valence electrons. The van der Waals surface area contributed by atoms with Crippen LogP contribution in [-0.4, -0.2) is 41.3 Å². The van der Waals surface area contributed by atoms with Crippen LogP contribution in [-0.2, 0) is 4.74 Å². The number of ether oxygens (including phenoxy) is 1. The average molecular weight is 283 g/mol. The Morgan fingerprint density at radius 1 is 1.26 bits per heavy atom. The Hall–Kier alpha value is -0.590. The van der Waals surface area contributed by atoms with Crippen LogP contribution >= 0.6 is 11.8 Å². The number of aromatic nitrogens is 2. The van der Waals surface area contributed by atoms with Gasteiger partial charge in [0.2, 0.25) is 11.7 Å². The van der Waals surface area contributed by atoms with E-state index in [2.05, 4.69) is 15.5 Å². The summed E-state index contributed by atoms with van der Waals surface area (Å²) in [5, 5.41) is 7.46. The molecule has 1 saturated carbocycles. The second-order valence-electron chi connectivity index (χ2n) is 5.26. The molecule has 2 heterocycles. The minimum Gasteiger partial charge on any atom is -0.368 e. The number of nitrogens with zero attached hydrogens (tertiary/aromatic N) is 2. The maximum absolute atomic E-state index is 5.68. The molecule has 1 aromatic rings. The van der Waals surface area contributed by atoms with Crippen molar-refractivity contribution in [3.8, 4) is 0 Å². The summed E-state index contributed by atoms with van der Waals surface area (Å²) in [6.45, 7) is 0.784. The van der Waals surface area contributed by atoms with Gasteiger partial charge in [-0.1, -0.05) is 5.16 Å². The molecule has 5 nitrogen and oxygen atoms in total. The van der Waals surface area contributed by atoms with Crippen molar-refractivity contribution >= 4 is 11.8 Å². The molecule has 0 aromatic carbocycles. The first-order chi connectivity index (χ1) is 9.36. The predicted octanol–water partition coefficient (Wildman–Crippen LogP) is 2.12. The van der Waals surface area contributed by atoms with E-state index in [1.165, 1.54) is 12.8 Å². The van der Waals surface area contributed by atoms with E-state index in [0.29, 0.717) is 12.0 Å². The summed E-state index contributed by atoms with van der Waals surface area (Å²) < 4.78 is 11.1. The van der Waals surface area contributed by atoms with E-state index < -0.39 is 0 Å². The third kappa shape index (κ3) is 3.12. The summed E-state index contributed by atoms with van der Waals surface area (Å²) in [5.41, 5.74) is 0. The molecule has 0 amide bonds. The number of thioether (sulfide) groups is 1. The van der Waals surface area contributed by atoms with Gasteiger partial charge in [-0.05, 0) is 32.7 Å². The van der Waals surface area contributed by atoms with Crippen LogP contribution in [0.5, 0.6) is 0 Å². The van der Waals surface area contributed by atoms with Gasteiger partial charge in [0.25, 0.3) is 0 Å². The quantitative estimate of drug-likeness (QED) is 0.917. The molecule has 1 aliphatic carbocycles. The van der Waals surface area contributed by atoms with Crippen molar-refractivity contribution in [3.05, 3.63) is 11.7 Å². The first-order valence-corrected chi connectivity index (χ1v) is 8.22. The lowest BCUT2D eigenvalue weighted by molar-refractivity contribution is 0.0677. The summed E-state index contributed by atoms with van der Waals surface area (Å²) in [6.07, 6.45) is 4.66. The van der Waals surface area contributed by atoms with Crippen LogP contribution in [0.2, 0.25) is 0 Å². The van der Waals surface area contributed by atoms with Crippen LogP contribution in [0.1, 0.15) is 49.4 Å². The van der Waals surface area contributed by atoms with E-state index in [1.54, 1.807) is 0 Å². The highest BCUT2D eigenvalue weighted by Gasteiger charge is 2.28. The molecule has 19 heavy (non-hydrogen) atoms. The largest absolute Gasteiger partial charge is 0.368 e. The average Bonchev–Trinajstić information content (AvgIpc) is 2.98. The Morgan fingerprint density at radius 2 is 2.11 bits per heavy atom. The van der Waals surface area contributed by atoms with Crippen LogP contribution in [0.25, 0.3) is 0 Å². The molecule has 1 saturated heterocycles. The summed E-state index contributed by atoms with van der Waals surface area (Å²) in [6, 6.07) is 0.650. The van der Waals surface area contributed by atoms with Crippen molar-refractivity contribution in [1.29, 1.82) is 0 Å². The lowest BCUT2D eigenvalue weighted by Gasteiger charge is -2.25. The van der Waals surface area contributed by atoms with E-state index in [1.807, 2.05) is 18.8 Å². The van der Waals surface area contributed by atoms with Gasteiger partial charge in [-0.2, -0.15) is 16.7 Å². The molecule has 2 aliphatic rings. The number of hydrogen-bond donors (Lipinski definition) is 1. The van der Waals surface area contributed by atoms with Crippen molar-refractivity contribution in [3.63, 3.8) is 0 Å². The number of nitrogens with one attached hydrogen (secondary N) is 1. The molecule has 1 aromatic heterocycles. The number of hydrogen-bond acceptors (Lipinski definition) is 6. The monoisotopic (exact) mass is 283 g/mol. The van der Waals surface area contributed by atoms with Gasteiger partial charge < -0.3 is 14.6 Å². The molecule has 0 radical (unpaired) electrons. The van der Waals surface area contributed by atoms with Crippen LogP contribution in [0, 0.1) is 0 Å². The first-order valence-electron chi connectivity index (χ1n) is 7.07. The Kier molecular flexibility index (Phi) is 4.40. The normalized spacial score (nSPS) is 32.4. The van der Waals surface area contributed by atoms with Gasteiger partial charge in [-0.3, -0.25) is 0 Å². The lowest BCUT2D eigenvalue weighted by atomic mass is 9.86. The third-order valence-electron chi connectivity index (χ3n) is 4.05. The van der Waals surface area contributed by atoms with Crippen LogP contribution < -0.4 is 5.32 Å². The smallest absolute Gasteiger partial charge is 0.229 e. The zero-order valence-corrected chi connectivity index (χ0v) is 12.1. The minimum atomic E-state index is 0.0184. The first kappa shape index (κ1) is 13.4. The summed E-state index contributed by atoms with van der Waals surface area (Å²) in [5.74, 6) is 3.98. The highest BCUT2D eigenvalue weighted by Crippen LogP contribution is 2.33. The van der Waals surface area contributed by atoms with Crippen molar-refractivity contribution in [2.24, 2.45) is 0 Å². The number of rotatable bonds is 3. The van der Waals surface area contributed by atoms with E-state index in [-0.39, 0.29) is 6.10 Å². The fraction of sp³-hybridized carbons (Fsp3) is 0.846. The molecule has 1 aliphatic heterocycles. The second kappa shape index (κ2) is 6.24. The Bertz CT molecular complexity index is 398. The fourth-order valence-corrected chi connectivity index (χ4v) is 3.65. The highest BCUT2D eigenvalue weighted by atomic mass is 32.2. The minimum absolute atomic E-state index is 0.0184. The van der Waals surface area contributed by atoms with Gasteiger partial charge in [0.15, 0.2) is 0 Å². The molecule has 6 heteroatoms. The van der Waals surface area contributed by atoms with Gasteiger partial charge in [-0.15, -0.1) is 0 Å². The fourth-order valence-electron chi connectivity index (χ4n) is 2.81. The van der Waals surface area contributed by atoms with Crippen molar-refractivity contribution in [2.45, 2.75) is 43.7 Å². The molecule has 1 atom stereocenters. The Labute approximate surface area is 117 Å². The molecule has 0 bridgehead atoms. The van der Waals surface area contributed by atoms with Gasteiger partial charge in [-0.25, -0.2) is 0 Å². The lowest BCUT2D eigenvalue weighted by Crippen LogP contribution is -2.29. The van der Waals surface area contributed by atoms with E-state index >= 15 is 0 Å². The molecule has 3 rings (SSSR count). The molecular formula is C13H21N3O2S. The summed E-state index contributed by atoms with van der Waals surface area (Å²) in [7, 11) is 2.04. The zero-order chi connectivity index (χ0) is 13.1. The summed E-state index contributed by atoms with van der Waals surface area (Å²) in [4.78, 5) is 4.57. The third-order valence-corrected chi connectivity index (χ3v) is 5.04. The molecule has 1 unspecified atom stereocenters. The maximum atomic E-state index is 5.68. The Balaban J connectivity index is 1.61. The van der Waals surface area contributed by atoms with Gasteiger partial charge >= 0.3 is 0 Å². The molecule has 2 fully saturated rings. The highest BCUT2D eigenvalue weighted by molar-refractivity contribution is 7.99. The zero-order valence-electron chi connectivity index (χ0n) is 11.3. The van der Waals surface area contributed by atoms with Crippen LogP contribution in [0.15, 0.2) is 4.52 Å². The van der Waals surface area contributed by atoms with E-state index in [9.17, 15) is 0 Å². The predicted molar refractivity (Wildman–Crippen MR) is 74.4 cm³/mol. The van der Waals surface area contributed by atoms with E-state index in [4.69, 9.17) is 9.26 Å². The molecule has 0 spiro atoms. The standard InChI is InChI=1S/C13H21N3O2S/c1-14-10-4-2-9(3-5-10)13-15-12(16-18-13)11-8-19-7-6-17-11/h9-11,14H,2-8H2,1H3. The van der Waals surface area contributed by atoms with E-state index in [0.717, 1.165) is 42.7 Å². The Morgan fingerprint density at radius 3 is 2.79 bits per heavy atom. The van der Waals surface area contributed by atoms with Crippen LogP contribution in [0.3, 0.4) is 0 Å². The topological polar surface area (TPSA) is 60.2 Å². The van der Waals surface area contributed by atoms with Crippen LogP contribution in [0.4, 0.5) is 0 Å².